The lowest BCUT2D eigenvalue weighted by molar-refractivity contribution is 0.145. The van der Waals surface area contributed by atoms with E-state index in [9.17, 15) is 4.79 Å². The van der Waals surface area contributed by atoms with Crippen LogP contribution in [-0.4, -0.2) is 64.8 Å². The van der Waals surface area contributed by atoms with Gasteiger partial charge in [-0.15, -0.1) is 0 Å². The minimum absolute atomic E-state index is 0.0224. The molecule has 0 spiro atoms. The van der Waals surface area contributed by atoms with Gasteiger partial charge in [-0.05, 0) is 25.5 Å². The van der Waals surface area contributed by atoms with Crippen LogP contribution >= 0.6 is 0 Å². The van der Waals surface area contributed by atoms with E-state index in [1.807, 2.05) is 43.0 Å². The van der Waals surface area contributed by atoms with E-state index in [2.05, 4.69) is 44.7 Å². The van der Waals surface area contributed by atoms with E-state index in [1.165, 1.54) is 5.56 Å². The third-order valence-corrected chi connectivity index (χ3v) is 4.78. The van der Waals surface area contributed by atoms with Crippen molar-refractivity contribution in [3.63, 3.8) is 0 Å². The van der Waals surface area contributed by atoms with E-state index in [4.69, 9.17) is 0 Å². The Morgan fingerprint density at radius 2 is 2.00 bits per heavy atom. The van der Waals surface area contributed by atoms with Crippen molar-refractivity contribution < 1.29 is 4.79 Å². The molecule has 1 fully saturated rings. The zero-order valence-corrected chi connectivity index (χ0v) is 16.2. The zero-order valence-electron chi connectivity index (χ0n) is 16.2. The van der Waals surface area contributed by atoms with Gasteiger partial charge in [0, 0.05) is 50.9 Å². The van der Waals surface area contributed by atoms with E-state index in [-0.39, 0.29) is 12.1 Å². The first-order valence-electron chi connectivity index (χ1n) is 9.60. The summed E-state index contributed by atoms with van der Waals surface area (Å²) in [4.78, 5) is 16.7. The van der Waals surface area contributed by atoms with Crippen LogP contribution in [0.2, 0.25) is 0 Å². The van der Waals surface area contributed by atoms with Gasteiger partial charge >= 0.3 is 6.03 Å². The summed E-state index contributed by atoms with van der Waals surface area (Å²) >= 11 is 0. The van der Waals surface area contributed by atoms with Crippen molar-refractivity contribution in [1.29, 1.82) is 0 Å². The molecule has 0 radical (unpaired) electrons. The van der Waals surface area contributed by atoms with Crippen LogP contribution < -0.4 is 5.32 Å². The van der Waals surface area contributed by atoms with E-state index in [0.29, 0.717) is 0 Å². The molecule has 0 unspecified atom stereocenters. The molecule has 2 N–H and O–H groups in total. The number of carbonyl (C=O) groups is 1. The second kappa shape index (κ2) is 9.37. The van der Waals surface area contributed by atoms with Crippen molar-refractivity contribution in [2.75, 3.05) is 32.7 Å². The number of nitrogens with zero attached hydrogens (tertiary/aromatic N) is 3. The lowest BCUT2D eigenvalue weighted by atomic mass is 10.2. The van der Waals surface area contributed by atoms with Gasteiger partial charge in [0.2, 0.25) is 0 Å². The van der Waals surface area contributed by atoms with Crippen molar-refractivity contribution in [1.82, 2.24) is 25.3 Å². The highest BCUT2D eigenvalue weighted by Crippen LogP contribution is 2.06. The van der Waals surface area contributed by atoms with Gasteiger partial charge in [0.25, 0.3) is 0 Å². The minimum Gasteiger partial charge on any atom is -0.335 e. The van der Waals surface area contributed by atoms with Gasteiger partial charge in [-0.1, -0.05) is 42.5 Å². The number of carbonyl (C=O) groups excluding carboxylic acids is 1. The van der Waals surface area contributed by atoms with Gasteiger partial charge in [-0.2, -0.15) is 5.10 Å². The summed E-state index contributed by atoms with van der Waals surface area (Å²) in [7, 11) is 0. The summed E-state index contributed by atoms with van der Waals surface area (Å²) in [6, 6.07) is 12.4. The average molecular weight is 367 g/mol. The largest absolute Gasteiger partial charge is 0.335 e. The highest BCUT2D eigenvalue weighted by molar-refractivity contribution is 5.74. The molecule has 0 saturated carbocycles. The predicted molar refractivity (Wildman–Crippen MR) is 109 cm³/mol. The second-order valence-electron chi connectivity index (χ2n) is 7.20. The predicted octanol–water partition coefficient (Wildman–Crippen LogP) is 2.69. The Bertz CT molecular complexity index is 747. The van der Waals surface area contributed by atoms with E-state index in [1.54, 1.807) is 0 Å². The van der Waals surface area contributed by atoms with E-state index < -0.39 is 0 Å². The van der Waals surface area contributed by atoms with Crippen molar-refractivity contribution in [2.45, 2.75) is 26.3 Å². The molecule has 1 atom stereocenters. The number of rotatable bonds is 6. The molecule has 1 aromatic carbocycles. The molecule has 2 heterocycles. The number of nitrogens with one attached hydrogen (secondary N) is 2. The molecule has 0 bridgehead atoms. The summed E-state index contributed by atoms with van der Waals surface area (Å²) in [6.07, 6.45) is 5.08. The molecule has 144 valence electrons. The van der Waals surface area contributed by atoms with Gasteiger partial charge in [-0.25, -0.2) is 4.79 Å². The molecular weight excluding hydrogens is 338 g/mol. The third-order valence-electron chi connectivity index (χ3n) is 4.78. The second-order valence-corrected chi connectivity index (χ2v) is 7.20. The number of hydrogen-bond acceptors (Lipinski definition) is 3. The number of hydrogen-bond donors (Lipinski definition) is 2. The number of piperazine rings is 1. The van der Waals surface area contributed by atoms with Crippen molar-refractivity contribution in [3.05, 3.63) is 59.4 Å². The summed E-state index contributed by atoms with van der Waals surface area (Å²) in [5.74, 6) is 0. The molecule has 6 nitrogen and oxygen atoms in total. The summed E-state index contributed by atoms with van der Waals surface area (Å²) in [5.41, 5.74) is 3.24. The molecule has 1 aliphatic rings. The monoisotopic (exact) mass is 367 g/mol. The number of H-pyrrole nitrogens is 1. The fraction of sp³-hybridized carbons (Fsp3) is 0.429. The molecule has 3 rings (SSSR count). The van der Waals surface area contributed by atoms with Crippen LogP contribution in [0.25, 0.3) is 6.08 Å². The van der Waals surface area contributed by atoms with Gasteiger partial charge in [-0.3, -0.25) is 10.00 Å². The first kappa shape index (κ1) is 19.2. The van der Waals surface area contributed by atoms with Gasteiger partial charge in [0.05, 0.1) is 5.69 Å². The highest BCUT2D eigenvalue weighted by Gasteiger charge is 2.21. The Hall–Kier alpha value is -2.60. The van der Waals surface area contributed by atoms with Crippen molar-refractivity contribution in [3.8, 4) is 0 Å². The Morgan fingerprint density at radius 1 is 1.26 bits per heavy atom. The first-order valence-corrected chi connectivity index (χ1v) is 9.60. The maximum Gasteiger partial charge on any atom is 0.317 e. The molecule has 6 heteroatoms. The summed E-state index contributed by atoms with van der Waals surface area (Å²) in [5, 5.41) is 10.3. The maximum atomic E-state index is 12.5. The fourth-order valence-electron chi connectivity index (χ4n) is 3.28. The number of urea groups is 1. The Morgan fingerprint density at radius 3 is 2.67 bits per heavy atom. The lowest BCUT2D eigenvalue weighted by Crippen LogP contribution is -2.53. The van der Waals surface area contributed by atoms with Crippen LogP contribution in [0.4, 0.5) is 4.79 Å². The Labute approximate surface area is 161 Å². The SMILES string of the molecule is Cc1cc(C[C@@H](C)NC(=O)N2CCN(C/C=C/c3ccccc3)CC2)n[nH]1. The molecule has 1 aliphatic heterocycles. The third kappa shape index (κ3) is 5.96. The first-order chi connectivity index (χ1) is 13.1. The van der Waals surface area contributed by atoms with Crippen LogP contribution in [0.3, 0.4) is 0 Å². The molecule has 2 amide bonds. The zero-order chi connectivity index (χ0) is 19.1. The Balaban J connectivity index is 1.38. The molecule has 2 aromatic rings. The summed E-state index contributed by atoms with van der Waals surface area (Å²) < 4.78 is 0. The molecule has 1 saturated heterocycles. The quantitative estimate of drug-likeness (QED) is 0.825. The topological polar surface area (TPSA) is 64.3 Å². The van der Waals surface area contributed by atoms with Gasteiger partial charge < -0.3 is 10.2 Å². The average Bonchev–Trinajstić information content (AvgIpc) is 3.07. The molecule has 0 aliphatic carbocycles. The van der Waals surface area contributed by atoms with Crippen LogP contribution in [0.5, 0.6) is 0 Å². The minimum atomic E-state index is 0.0224. The van der Waals surface area contributed by atoms with Gasteiger partial charge in [0.15, 0.2) is 0 Å². The molecular formula is C21H29N5O. The van der Waals surface area contributed by atoms with Crippen LogP contribution in [0.1, 0.15) is 23.9 Å². The normalized spacial score (nSPS) is 16.6. The smallest absolute Gasteiger partial charge is 0.317 e. The Kier molecular flexibility index (Phi) is 6.65. The number of benzene rings is 1. The molecule has 1 aromatic heterocycles. The van der Waals surface area contributed by atoms with Crippen molar-refractivity contribution >= 4 is 12.1 Å². The van der Waals surface area contributed by atoms with Gasteiger partial charge in [0.1, 0.15) is 0 Å². The highest BCUT2D eigenvalue weighted by atomic mass is 16.2. The lowest BCUT2D eigenvalue weighted by Gasteiger charge is -2.34. The number of aromatic amines is 1. The van der Waals surface area contributed by atoms with Crippen LogP contribution in [0, 0.1) is 6.92 Å². The molecule has 27 heavy (non-hydrogen) atoms. The standard InChI is InChI=1S/C21H29N5O/c1-17(15-20-16-18(2)23-24-20)22-21(27)26-13-11-25(12-14-26)10-6-9-19-7-4-3-5-8-19/h3-9,16-17H,10-15H2,1-2H3,(H,22,27)(H,23,24)/b9-6+/t17-/m1/s1. The van der Waals surface area contributed by atoms with E-state index in [0.717, 1.165) is 50.5 Å². The number of aromatic nitrogens is 2. The number of aryl methyl sites for hydroxylation is 1. The van der Waals surface area contributed by atoms with Crippen LogP contribution in [0.15, 0.2) is 42.5 Å². The number of amides is 2. The fourth-order valence-corrected chi connectivity index (χ4v) is 3.28. The van der Waals surface area contributed by atoms with Crippen molar-refractivity contribution in [2.24, 2.45) is 0 Å². The van der Waals surface area contributed by atoms with E-state index >= 15 is 0 Å². The van der Waals surface area contributed by atoms with Crippen LogP contribution in [-0.2, 0) is 6.42 Å². The maximum absolute atomic E-state index is 12.5. The summed E-state index contributed by atoms with van der Waals surface area (Å²) in [6.45, 7) is 8.25.